The van der Waals surface area contributed by atoms with Crippen molar-refractivity contribution in [3.63, 3.8) is 0 Å². The van der Waals surface area contributed by atoms with Crippen LogP contribution < -0.4 is 15.0 Å². The van der Waals surface area contributed by atoms with E-state index in [2.05, 4.69) is 5.32 Å². The molecule has 2 aliphatic rings. The number of carbonyl (C=O) groups excluding carboxylic acids is 1. The van der Waals surface area contributed by atoms with Crippen molar-refractivity contribution in [2.24, 2.45) is 5.92 Å². The maximum atomic E-state index is 12.8. The van der Waals surface area contributed by atoms with Gasteiger partial charge in [-0.25, -0.2) is 0 Å². The molecule has 1 fully saturated rings. The first-order valence-electron chi connectivity index (χ1n) is 7.15. The topological polar surface area (TPSA) is 50.8 Å². The molecule has 0 spiro atoms. The highest BCUT2D eigenvalue weighted by atomic mass is 16.5. The van der Waals surface area contributed by atoms with Gasteiger partial charge in [-0.15, -0.1) is 0 Å². The van der Waals surface area contributed by atoms with Gasteiger partial charge in [-0.3, -0.25) is 4.79 Å². The molecule has 1 aromatic rings. The molecule has 1 amide bonds. The van der Waals surface area contributed by atoms with Crippen LogP contribution in [0.15, 0.2) is 24.3 Å². The minimum atomic E-state index is -0.110. The molecule has 2 atom stereocenters. The van der Waals surface area contributed by atoms with E-state index in [4.69, 9.17) is 9.47 Å². The molecule has 2 unspecified atom stereocenters. The van der Waals surface area contributed by atoms with E-state index in [0.717, 1.165) is 18.0 Å². The monoisotopic (exact) mass is 276 g/mol. The Hall–Kier alpha value is -1.59. The van der Waals surface area contributed by atoms with Crippen LogP contribution in [-0.4, -0.2) is 44.9 Å². The van der Waals surface area contributed by atoms with Crippen LogP contribution in [0.25, 0.3) is 0 Å². The SMILES string of the molecule is CCNC1COCC1C(=O)N1CCOc2ccccc21. The fourth-order valence-corrected chi connectivity index (χ4v) is 2.86. The largest absolute Gasteiger partial charge is 0.490 e. The number of nitrogens with one attached hydrogen (secondary N) is 1. The second-order valence-corrected chi connectivity index (χ2v) is 5.11. The molecule has 3 rings (SSSR count). The Bertz CT molecular complexity index is 492. The number of para-hydroxylation sites is 2. The quantitative estimate of drug-likeness (QED) is 0.896. The molecule has 108 valence electrons. The molecule has 1 saturated heterocycles. The lowest BCUT2D eigenvalue weighted by atomic mass is 10.0. The van der Waals surface area contributed by atoms with Crippen molar-refractivity contribution in [1.29, 1.82) is 0 Å². The fraction of sp³-hybridized carbons (Fsp3) is 0.533. The smallest absolute Gasteiger partial charge is 0.234 e. The van der Waals surface area contributed by atoms with Crippen LogP contribution in [0.1, 0.15) is 6.92 Å². The molecule has 1 N–H and O–H groups in total. The summed E-state index contributed by atoms with van der Waals surface area (Å²) in [5, 5.41) is 3.33. The molecule has 5 nitrogen and oxygen atoms in total. The highest BCUT2D eigenvalue weighted by Gasteiger charge is 2.37. The highest BCUT2D eigenvalue weighted by Crippen LogP contribution is 2.32. The lowest BCUT2D eigenvalue weighted by molar-refractivity contribution is -0.123. The number of fused-ring (bicyclic) bond motifs is 1. The van der Waals surface area contributed by atoms with Crippen LogP contribution in [0.5, 0.6) is 5.75 Å². The normalized spacial score (nSPS) is 25.1. The number of amides is 1. The summed E-state index contributed by atoms with van der Waals surface area (Å²) in [6, 6.07) is 7.81. The van der Waals surface area contributed by atoms with Crippen molar-refractivity contribution >= 4 is 11.6 Å². The van der Waals surface area contributed by atoms with E-state index in [1.165, 1.54) is 0 Å². The minimum absolute atomic E-state index is 0.110. The van der Waals surface area contributed by atoms with Crippen molar-refractivity contribution in [2.75, 3.05) is 37.8 Å². The lowest BCUT2D eigenvalue weighted by Gasteiger charge is -2.32. The molecule has 0 bridgehead atoms. The molecule has 0 radical (unpaired) electrons. The minimum Gasteiger partial charge on any atom is -0.490 e. The summed E-state index contributed by atoms with van der Waals surface area (Å²) in [6.45, 7) is 5.14. The highest BCUT2D eigenvalue weighted by molar-refractivity contribution is 5.97. The van der Waals surface area contributed by atoms with E-state index in [1.54, 1.807) is 0 Å². The zero-order valence-corrected chi connectivity index (χ0v) is 11.7. The maximum Gasteiger partial charge on any atom is 0.234 e. The average Bonchev–Trinajstić information content (AvgIpc) is 2.94. The second-order valence-electron chi connectivity index (χ2n) is 5.11. The number of anilines is 1. The third-order valence-corrected chi connectivity index (χ3v) is 3.86. The maximum absolute atomic E-state index is 12.8. The van der Waals surface area contributed by atoms with E-state index in [9.17, 15) is 4.79 Å². The van der Waals surface area contributed by atoms with E-state index in [-0.39, 0.29) is 17.9 Å². The number of hydrogen-bond donors (Lipinski definition) is 1. The van der Waals surface area contributed by atoms with Gasteiger partial charge in [-0.1, -0.05) is 19.1 Å². The third-order valence-electron chi connectivity index (χ3n) is 3.86. The van der Waals surface area contributed by atoms with Crippen molar-refractivity contribution in [3.05, 3.63) is 24.3 Å². The third kappa shape index (κ3) is 2.39. The van der Waals surface area contributed by atoms with Gasteiger partial charge < -0.3 is 19.7 Å². The zero-order chi connectivity index (χ0) is 13.9. The lowest BCUT2D eigenvalue weighted by Crippen LogP contribution is -2.48. The number of likely N-dealkylation sites (N-methyl/N-ethyl adjacent to an activating group) is 1. The number of hydrogen-bond acceptors (Lipinski definition) is 4. The zero-order valence-electron chi connectivity index (χ0n) is 11.7. The summed E-state index contributed by atoms with van der Waals surface area (Å²) in [7, 11) is 0. The summed E-state index contributed by atoms with van der Waals surface area (Å²) >= 11 is 0. The van der Waals surface area contributed by atoms with Gasteiger partial charge in [0.25, 0.3) is 0 Å². The summed E-state index contributed by atoms with van der Waals surface area (Å²) in [6.07, 6.45) is 0. The predicted molar refractivity (Wildman–Crippen MR) is 76.1 cm³/mol. The van der Waals surface area contributed by atoms with Gasteiger partial charge in [0.15, 0.2) is 0 Å². The van der Waals surface area contributed by atoms with Gasteiger partial charge >= 0.3 is 0 Å². The average molecular weight is 276 g/mol. The predicted octanol–water partition coefficient (Wildman–Crippen LogP) is 1.04. The van der Waals surface area contributed by atoms with E-state index in [0.29, 0.717) is 26.4 Å². The molecule has 1 aromatic carbocycles. The summed E-state index contributed by atoms with van der Waals surface area (Å²) in [4.78, 5) is 14.6. The van der Waals surface area contributed by atoms with Crippen LogP contribution in [0.2, 0.25) is 0 Å². The Balaban J connectivity index is 1.81. The fourth-order valence-electron chi connectivity index (χ4n) is 2.86. The standard InChI is InChI=1S/C15H20N2O3/c1-2-16-12-10-19-9-11(12)15(18)17-7-8-20-14-6-4-3-5-13(14)17/h3-6,11-12,16H,2,7-10H2,1H3. The molecular weight excluding hydrogens is 256 g/mol. The molecule has 2 aliphatic heterocycles. The Kier molecular flexibility index (Phi) is 3.89. The van der Waals surface area contributed by atoms with E-state index < -0.39 is 0 Å². The molecule has 0 aromatic heterocycles. The Morgan fingerprint density at radius 3 is 3.10 bits per heavy atom. The van der Waals surface area contributed by atoms with Gasteiger partial charge in [-0.2, -0.15) is 0 Å². The van der Waals surface area contributed by atoms with Crippen molar-refractivity contribution in [1.82, 2.24) is 5.32 Å². The summed E-state index contributed by atoms with van der Waals surface area (Å²) in [5.41, 5.74) is 0.867. The number of benzene rings is 1. The first-order valence-corrected chi connectivity index (χ1v) is 7.15. The number of nitrogens with zero attached hydrogens (tertiary/aromatic N) is 1. The number of rotatable bonds is 3. The number of carbonyl (C=O) groups is 1. The van der Waals surface area contributed by atoms with Gasteiger partial charge in [-0.05, 0) is 18.7 Å². The van der Waals surface area contributed by atoms with Crippen molar-refractivity contribution < 1.29 is 14.3 Å². The molecular formula is C15H20N2O3. The van der Waals surface area contributed by atoms with Crippen molar-refractivity contribution in [3.8, 4) is 5.75 Å². The Labute approximate surface area is 118 Å². The first-order chi connectivity index (χ1) is 9.81. The summed E-state index contributed by atoms with van der Waals surface area (Å²) < 4.78 is 11.1. The van der Waals surface area contributed by atoms with Crippen LogP contribution in [0.3, 0.4) is 0 Å². The first kappa shape index (κ1) is 13.4. The van der Waals surface area contributed by atoms with Crippen LogP contribution in [0.4, 0.5) is 5.69 Å². The molecule has 2 heterocycles. The van der Waals surface area contributed by atoms with Gasteiger partial charge in [0.1, 0.15) is 12.4 Å². The van der Waals surface area contributed by atoms with Gasteiger partial charge in [0.05, 0.1) is 31.4 Å². The molecule has 20 heavy (non-hydrogen) atoms. The van der Waals surface area contributed by atoms with E-state index >= 15 is 0 Å². The number of ether oxygens (including phenoxy) is 2. The van der Waals surface area contributed by atoms with Crippen molar-refractivity contribution in [2.45, 2.75) is 13.0 Å². The van der Waals surface area contributed by atoms with E-state index in [1.807, 2.05) is 36.1 Å². The molecule has 0 saturated carbocycles. The van der Waals surface area contributed by atoms with Crippen LogP contribution in [-0.2, 0) is 9.53 Å². The summed E-state index contributed by atoms with van der Waals surface area (Å²) in [5.74, 6) is 0.802. The van der Waals surface area contributed by atoms with Crippen LogP contribution >= 0.6 is 0 Å². The Morgan fingerprint density at radius 1 is 1.40 bits per heavy atom. The Morgan fingerprint density at radius 2 is 2.25 bits per heavy atom. The van der Waals surface area contributed by atoms with Crippen LogP contribution in [0, 0.1) is 5.92 Å². The molecule has 0 aliphatic carbocycles. The molecule has 5 heteroatoms. The van der Waals surface area contributed by atoms with Gasteiger partial charge in [0.2, 0.25) is 5.91 Å². The second kappa shape index (κ2) is 5.81. The van der Waals surface area contributed by atoms with Gasteiger partial charge in [0, 0.05) is 6.04 Å².